The molecule has 17 heavy (non-hydrogen) atoms. The fourth-order valence-corrected chi connectivity index (χ4v) is 1.12. The minimum atomic E-state index is -0.287. The third-order valence-corrected chi connectivity index (χ3v) is 1.82. The van der Waals surface area contributed by atoms with Crippen LogP contribution in [0.5, 0.6) is 6.01 Å². The minimum Gasteiger partial charge on any atom is -0.453 e. The molecule has 1 N–H and O–H groups in total. The molecule has 2 rings (SSSR count). The van der Waals surface area contributed by atoms with E-state index in [9.17, 15) is 4.79 Å². The van der Waals surface area contributed by atoms with Gasteiger partial charge in [0, 0.05) is 18.6 Å². The highest BCUT2D eigenvalue weighted by molar-refractivity contribution is 5.91. The third-order valence-electron chi connectivity index (χ3n) is 1.82. The van der Waals surface area contributed by atoms with Gasteiger partial charge in [-0.1, -0.05) is 0 Å². The first kappa shape index (κ1) is 11.0. The van der Waals surface area contributed by atoms with Gasteiger partial charge < -0.3 is 10.1 Å². The Balaban J connectivity index is 1.83. The van der Waals surface area contributed by atoms with E-state index in [0.29, 0.717) is 5.69 Å². The lowest BCUT2D eigenvalue weighted by atomic mass is 10.4. The smallest absolute Gasteiger partial charge is 0.316 e. The van der Waals surface area contributed by atoms with Crippen molar-refractivity contribution in [2.45, 2.75) is 0 Å². The number of nitrogens with one attached hydrogen (secondary N) is 1. The van der Waals surface area contributed by atoms with Crippen LogP contribution < -0.4 is 10.1 Å². The number of rotatable bonds is 4. The fourth-order valence-electron chi connectivity index (χ4n) is 1.12. The molecular weight excluding hydrogens is 220 g/mol. The molecule has 6 heteroatoms. The molecule has 0 aromatic carbocycles. The van der Waals surface area contributed by atoms with Crippen LogP contribution in [0.2, 0.25) is 0 Å². The summed E-state index contributed by atoms with van der Waals surface area (Å²) in [6.45, 7) is -0.140. The van der Waals surface area contributed by atoms with Crippen molar-refractivity contribution in [3.05, 3.63) is 43.0 Å². The Bertz CT molecular complexity index is 475. The highest BCUT2D eigenvalue weighted by Gasteiger charge is 2.04. The molecule has 0 aliphatic heterocycles. The first-order valence-electron chi connectivity index (χ1n) is 4.94. The number of carbonyl (C=O) groups is 1. The average molecular weight is 230 g/mol. The second kappa shape index (κ2) is 5.55. The zero-order valence-electron chi connectivity index (χ0n) is 8.91. The van der Waals surface area contributed by atoms with Crippen molar-refractivity contribution >= 4 is 11.6 Å². The molecule has 0 saturated carbocycles. The van der Waals surface area contributed by atoms with Gasteiger partial charge in [-0.15, -0.1) is 0 Å². The molecule has 0 bridgehead atoms. The second-order valence-corrected chi connectivity index (χ2v) is 3.11. The van der Waals surface area contributed by atoms with Crippen molar-refractivity contribution in [3.63, 3.8) is 0 Å². The zero-order valence-corrected chi connectivity index (χ0v) is 8.91. The molecule has 1 amide bonds. The summed E-state index contributed by atoms with van der Waals surface area (Å²) in [6.07, 6.45) is 6.27. The van der Waals surface area contributed by atoms with Gasteiger partial charge >= 0.3 is 6.01 Å². The minimum absolute atomic E-state index is 0.140. The highest BCUT2D eigenvalue weighted by Crippen LogP contribution is 2.03. The van der Waals surface area contributed by atoms with Gasteiger partial charge in [0.1, 0.15) is 0 Å². The molecule has 0 aliphatic rings. The maximum Gasteiger partial charge on any atom is 0.316 e. The van der Waals surface area contributed by atoms with Crippen LogP contribution in [-0.2, 0) is 4.79 Å². The Hall–Kier alpha value is -2.50. The number of carbonyl (C=O) groups excluding carboxylic acids is 1. The van der Waals surface area contributed by atoms with E-state index >= 15 is 0 Å². The highest BCUT2D eigenvalue weighted by atomic mass is 16.5. The maximum atomic E-state index is 11.5. The molecular formula is C11H10N4O2. The average Bonchev–Trinajstić information content (AvgIpc) is 2.39. The summed E-state index contributed by atoms with van der Waals surface area (Å²) < 4.78 is 5.09. The van der Waals surface area contributed by atoms with E-state index in [0.717, 1.165) is 0 Å². The predicted octanol–water partition coefficient (Wildman–Crippen LogP) is 0.889. The van der Waals surface area contributed by atoms with Gasteiger partial charge in [0.2, 0.25) is 0 Å². The summed E-state index contributed by atoms with van der Waals surface area (Å²) in [5.41, 5.74) is 0.620. The number of pyridine rings is 1. The van der Waals surface area contributed by atoms with E-state index in [4.69, 9.17) is 4.74 Å². The predicted molar refractivity (Wildman–Crippen MR) is 60.4 cm³/mol. The van der Waals surface area contributed by atoms with Crippen molar-refractivity contribution in [2.24, 2.45) is 0 Å². The number of aromatic nitrogens is 3. The molecule has 0 saturated heterocycles. The van der Waals surface area contributed by atoms with E-state index in [1.807, 2.05) is 0 Å². The van der Waals surface area contributed by atoms with Gasteiger partial charge in [-0.05, 0) is 18.2 Å². The lowest BCUT2D eigenvalue weighted by Gasteiger charge is -2.05. The Morgan fingerprint density at radius 3 is 2.76 bits per heavy atom. The van der Waals surface area contributed by atoms with Gasteiger partial charge in [0.05, 0.1) is 11.9 Å². The molecule has 2 aromatic heterocycles. The summed E-state index contributed by atoms with van der Waals surface area (Å²) in [7, 11) is 0. The van der Waals surface area contributed by atoms with Crippen molar-refractivity contribution in [3.8, 4) is 6.01 Å². The van der Waals surface area contributed by atoms with Crippen LogP contribution in [0.25, 0.3) is 0 Å². The van der Waals surface area contributed by atoms with E-state index < -0.39 is 0 Å². The number of nitrogens with zero attached hydrogens (tertiary/aromatic N) is 3. The number of ether oxygens (including phenoxy) is 1. The van der Waals surface area contributed by atoms with Crippen LogP contribution in [-0.4, -0.2) is 27.5 Å². The number of hydrogen-bond acceptors (Lipinski definition) is 5. The van der Waals surface area contributed by atoms with Gasteiger partial charge in [0.15, 0.2) is 6.61 Å². The Labute approximate surface area is 97.7 Å². The largest absolute Gasteiger partial charge is 0.453 e. The summed E-state index contributed by atoms with van der Waals surface area (Å²) in [4.78, 5) is 23.0. The van der Waals surface area contributed by atoms with Crippen molar-refractivity contribution < 1.29 is 9.53 Å². The SMILES string of the molecule is O=C(COc1ncccn1)Nc1cccnc1. The van der Waals surface area contributed by atoms with Crippen molar-refractivity contribution in [1.29, 1.82) is 0 Å². The molecule has 6 nitrogen and oxygen atoms in total. The number of anilines is 1. The van der Waals surface area contributed by atoms with Crippen LogP contribution in [0.1, 0.15) is 0 Å². The monoisotopic (exact) mass is 230 g/mol. The molecule has 0 fully saturated rings. The summed E-state index contributed by atoms with van der Waals surface area (Å²) in [5.74, 6) is -0.287. The first-order valence-corrected chi connectivity index (χ1v) is 4.94. The lowest BCUT2D eigenvalue weighted by Crippen LogP contribution is -2.20. The van der Waals surface area contributed by atoms with Crippen LogP contribution in [0.3, 0.4) is 0 Å². The van der Waals surface area contributed by atoms with E-state index in [1.165, 1.54) is 0 Å². The normalized spacial score (nSPS) is 9.65. The van der Waals surface area contributed by atoms with Gasteiger partial charge in [-0.3, -0.25) is 9.78 Å². The summed E-state index contributed by atoms with van der Waals surface area (Å²) in [5, 5.41) is 2.63. The van der Waals surface area contributed by atoms with Crippen LogP contribution in [0, 0.1) is 0 Å². The van der Waals surface area contributed by atoms with Crippen LogP contribution in [0.15, 0.2) is 43.0 Å². The molecule has 86 valence electrons. The van der Waals surface area contributed by atoms with E-state index in [1.54, 1.807) is 43.0 Å². The van der Waals surface area contributed by atoms with Gasteiger partial charge in [-0.25, -0.2) is 9.97 Å². The number of amides is 1. The lowest BCUT2D eigenvalue weighted by molar-refractivity contribution is -0.118. The Morgan fingerprint density at radius 1 is 1.24 bits per heavy atom. The Kier molecular flexibility index (Phi) is 3.59. The molecule has 0 unspecified atom stereocenters. The second-order valence-electron chi connectivity index (χ2n) is 3.11. The van der Waals surface area contributed by atoms with Crippen molar-refractivity contribution in [2.75, 3.05) is 11.9 Å². The molecule has 0 radical (unpaired) electrons. The van der Waals surface area contributed by atoms with Gasteiger partial charge in [0.25, 0.3) is 5.91 Å². The molecule has 0 aliphatic carbocycles. The number of hydrogen-bond donors (Lipinski definition) is 1. The standard InChI is InChI=1S/C11H10N4O2/c16-10(15-9-3-1-4-12-7-9)8-17-11-13-5-2-6-14-11/h1-7H,8H2,(H,15,16). The fraction of sp³-hybridized carbons (Fsp3) is 0.0909. The van der Waals surface area contributed by atoms with Crippen LogP contribution >= 0.6 is 0 Å². The molecule has 0 atom stereocenters. The molecule has 0 spiro atoms. The van der Waals surface area contributed by atoms with Crippen molar-refractivity contribution in [1.82, 2.24) is 15.0 Å². The topological polar surface area (TPSA) is 77.0 Å². The zero-order chi connectivity index (χ0) is 11.9. The molecule has 2 aromatic rings. The van der Waals surface area contributed by atoms with Crippen LogP contribution in [0.4, 0.5) is 5.69 Å². The summed E-state index contributed by atoms with van der Waals surface area (Å²) >= 11 is 0. The maximum absolute atomic E-state index is 11.5. The Morgan fingerprint density at radius 2 is 2.06 bits per heavy atom. The quantitative estimate of drug-likeness (QED) is 0.844. The summed E-state index contributed by atoms with van der Waals surface area (Å²) in [6, 6.07) is 5.32. The molecule has 2 heterocycles. The van der Waals surface area contributed by atoms with E-state index in [-0.39, 0.29) is 18.5 Å². The van der Waals surface area contributed by atoms with E-state index in [2.05, 4.69) is 20.3 Å². The van der Waals surface area contributed by atoms with Gasteiger partial charge in [-0.2, -0.15) is 0 Å². The third kappa shape index (κ3) is 3.53. The first-order chi connectivity index (χ1) is 8.34.